The lowest BCUT2D eigenvalue weighted by Crippen LogP contribution is -2.45. The SMILES string of the molecule is CCCCC[C@@H](c1cccnc1F)N1CCNCC1. The molecule has 1 aliphatic heterocycles. The van der Waals surface area contributed by atoms with Gasteiger partial charge in [-0.05, 0) is 12.5 Å². The molecule has 106 valence electrons. The van der Waals surface area contributed by atoms with Gasteiger partial charge in [-0.3, -0.25) is 4.90 Å². The number of piperazine rings is 1. The highest BCUT2D eigenvalue weighted by Gasteiger charge is 2.24. The lowest BCUT2D eigenvalue weighted by atomic mass is 9.99. The minimum atomic E-state index is -0.303. The predicted molar refractivity (Wildman–Crippen MR) is 75.5 cm³/mol. The minimum Gasteiger partial charge on any atom is -0.314 e. The zero-order valence-corrected chi connectivity index (χ0v) is 11.7. The summed E-state index contributed by atoms with van der Waals surface area (Å²) in [6.45, 7) is 6.17. The van der Waals surface area contributed by atoms with E-state index in [2.05, 4.69) is 22.1 Å². The van der Waals surface area contributed by atoms with Crippen molar-refractivity contribution in [1.29, 1.82) is 0 Å². The molecular formula is C15H24FN3. The Bertz CT molecular complexity index is 377. The van der Waals surface area contributed by atoms with Crippen LogP contribution < -0.4 is 5.32 Å². The zero-order chi connectivity index (χ0) is 13.5. The first-order valence-corrected chi connectivity index (χ1v) is 7.38. The van der Waals surface area contributed by atoms with E-state index in [1.54, 1.807) is 0 Å². The quantitative estimate of drug-likeness (QED) is 0.633. The van der Waals surface area contributed by atoms with E-state index in [0.717, 1.165) is 44.6 Å². The van der Waals surface area contributed by atoms with Gasteiger partial charge in [-0.15, -0.1) is 0 Å². The standard InChI is InChI=1S/C15H24FN3/c1-2-3-4-7-14(19-11-9-17-10-12-19)13-6-5-8-18-15(13)16/h5-6,8,14,17H,2-4,7,9-12H2,1H3/t14-/m0/s1. The van der Waals surface area contributed by atoms with Gasteiger partial charge < -0.3 is 5.32 Å². The molecular weight excluding hydrogens is 241 g/mol. The predicted octanol–water partition coefficient (Wildman–Crippen LogP) is 2.75. The first kappa shape index (κ1) is 14.4. The molecule has 4 heteroatoms. The molecule has 0 spiro atoms. The van der Waals surface area contributed by atoms with E-state index in [-0.39, 0.29) is 12.0 Å². The van der Waals surface area contributed by atoms with E-state index >= 15 is 0 Å². The van der Waals surface area contributed by atoms with Crippen LogP contribution in [0, 0.1) is 5.95 Å². The number of nitrogens with zero attached hydrogens (tertiary/aromatic N) is 2. The van der Waals surface area contributed by atoms with E-state index in [1.165, 1.54) is 19.0 Å². The maximum Gasteiger partial charge on any atom is 0.217 e. The van der Waals surface area contributed by atoms with Crippen LogP contribution in [0.2, 0.25) is 0 Å². The number of halogens is 1. The smallest absolute Gasteiger partial charge is 0.217 e. The molecule has 1 atom stereocenters. The summed E-state index contributed by atoms with van der Waals surface area (Å²) < 4.78 is 14.0. The average Bonchev–Trinajstić information content (AvgIpc) is 2.46. The summed E-state index contributed by atoms with van der Waals surface area (Å²) >= 11 is 0. The molecule has 1 fully saturated rings. The van der Waals surface area contributed by atoms with Gasteiger partial charge in [-0.1, -0.05) is 32.3 Å². The monoisotopic (exact) mass is 265 g/mol. The maximum absolute atomic E-state index is 14.0. The van der Waals surface area contributed by atoms with Crippen LogP contribution in [0.5, 0.6) is 0 Å². The fourth-order valence-corrected chi connectivity index (χ4v) is 2.76. The van der Waals surface area contributed by atoms with Crippen molar-refractivity contribution < 1.29 is 4.39 Å². The largest absolute Gasteiger partial charge is 0.314 e. The minimum absolute atomic E-state index is 0.183. The van der Waals surface area contributed by atoms with Crippen molar-refractivity contribution in [3.63, 3.8) is 0 Å². The van der Waals surface area contributed by atoms with Crippen molar-refractivity contribution in [2.45, 2.75) is 38.6 Å². The molecule has 0 bridgehead atoms. The first-order chi connectivity index (χ1) is 9.33. The van der Waals surface area contributed by atoms with Crippen molar-refractivity contribution in [3.8, 4) is 0 Å². The summed E-state index contributed by atoms with van der Waals surface area (Å²) in [7, 11) is 0. The summed E-state index contributed by atoms with van der Waals surface area (Å²) in [5.74, 6) is -0.303. The van der Waals surface area contributed by atoms with Gasteiger partial charge in [0.05, 0.1) is 0 Å². The number of hydrogen-bond donors (Lipinski definition) is 1. The van der Waals surface area contributed by atoms with E-state index < -0.39 is 0 Å². The van der Waals surface area contributed by atoms with Crippen LogP contribution in [0.1, 0.15) is 44.2 Å². The Kier molecular flexibility index (Phi) is 5.73. The Morgan fingerprint density at radius 3 is 2.84 bits per heavy atom. The van der Waals surface area contributed by atoms with Gasteiger partial charge in [-0.2, -0.15) is 4.39 Å². The van der Waals surface area contributed by atoms with Crippen LogP contribution in [0.15, 0.2) is 18.3 Å². The third kappa shape index (κ3) is 3.98. The molecule has 1 aromatic heterocycles. The molecule has 1 N–H and O–H groups in total. The number of hydrogen-bond acceptors (Lipinski definition) is 3. The second-order valence-corrected chi connectivity index (χ2v) is 5.18. The van der Waals surface area contributed by atoms with Crippen LogP contribution in [0.3, 0.4) is 0 Å². The summed E-state index contributed by atoms with van der Waals surface area (Å²) in [6, 6.07) is 3.91. The average molecular weight is 265 g/mol. The van der Waals surface area contributed by atoms with E-state index in [0.29, 0.717) is 0 Å². The molecule has 0 saturated carbocycles. The van der Waals surface area contributed by atoms with Gasteiger partial charge >= 0.3 is 0 Å². The Labute approximate surface area is 115 Å². The fraction of sp³-hybridized carbons (Fsp3) is 0.667. The molecule has 1 aromatic rings. The molecule has 0 aliphatic carbocycles. The third-order valence-electron chi connectivity index (χ3n) is 3.82. The molecule has 0 amide bonds. The second-order valence-electron chi connectivity index (χ2n) is 5.18. The molecule has 1 aliphatic rings. The topological polar surface area (TPSA) is 28.2 Å². The lowest BCUT2D eigenvalue weighted by Gasteiger charge is -2.35. The second kappa shape index (κ2) is 7.56. The normalized spacial score (nSPS) is 18.4. The van der Waals surface area contributed by atoms with Gasteiger partial charge in [0.15, 0.2) is 0 Å². The molecule has 19 heavy (non-hydrogen) atoms. The van der Waals surface area contributed by atoms with Crippen LogP contribution in [0.4, 0.5) is 4.39 Å². The Hall–Kier alpha value is -1.00. The Balaban J connectivity index is 2.10. The number of unbranched alkanes of at least 4 members (excludes halogenated alkanes) is 2. The van der Waals surface area contributed by atoms with Gasteiger partial charge in [-0.25, -0.2) is 4.98 Å². The number of rotatable bonds is 6. The van der Waals surface area contributed by atoms with E-state index in [4.69, 9.17) is 0 Å². The highest BCUT2D eigenvalue weighted by molar-refractivity contribution is 5.16. The van der Waals surface area contributed by atoms with Gasteiger partial charge in [0.2, 0.25) is 5.95 Å². The summed E-state index contributed by atoms with van der Waals surface area (Å²) in [5.41, 5.74) is 0.764. The zero-order valence-electron chi connectivity index (χ0n) is 11.7. The number of nitrogens with one attached hydrogen (secondary N) is 1. The summed E-state index contributed by atoms with van der Waals surface area (Å²) in [5, 5.41) is 3.35. The lowest BCUT2D eigenvalue weighted by molar-refractivity contribution is 0.159. The van der Waals surface area contributed by atoms with Crippen LogP contribution >= 0.6 is 0 Å². The van der Waals surface area contributed by atoms with Crippen LogP contribution in [-0.4, -0.2) is 36.1 Å². The number of pyridine rings is 1. The van der Waals surface area contributed by atoms with Gasteiger partial charge in [0.1, 0.15) is 0 Å². The van der Waals surface area contributed by atoms with Gasteiger partial charge in [0, 0.05) is 44.0 Å². The van der Waals surface area contributed by atoms with Crippen molar-refractivity contribution >= 4 is 0 Å². The molecule has 2 rings (SSSR count). The number of aromatic nitrogens is 1. The fourth-order valence-electron chi connectivity index (χ4n) is 2.76. The van der Waals surface area contributed by atoms with E-state index in [1.807, 2.05) is 12.1 Å². The van der Waals surface area contributed by atoms with Crippen molar-refractivity contribution in [2.75, 3.05) is 26.2 Å². The van der Waals surface area contributed by atoms with Crippen LogP contribution in [-0.2, 0) is 0 Å². The van der Waals surface area contributed by atoms with Crippen LogP contribution in [0.25, 0.3) is 0 Å². The van der Waals surface area contributed by atoms with Crippen molar-refractivity contribution in [3.05, 3.63) is 29.8 Å². The molecule has 0 radical (unpaired) electrons. The van der Waals surface area contributed by atoms with Crippen molar-refractivity contribution in [2.24, 2.45) is 0 Å². The molecule has 3 nitrogen and oxygen atoms in total. The highest BCUT2D eigenvalue weighted by Crippen LogP contribution is 2.28. The molecule has 0 unspecified atom stereocenters. The third-order valence-corrected chi connectivity index (χ3v) is 3.82. The highest BCUT2D eigenvalue weighted by atomic mass is 19.1. The Morgan fingerprint density at radius 1 is 1.37 bits per heavy atom. The maximum atomic E-state index is 14.0. The van der Waals surface area contributed by atoms with E-state index in [9.17, 15) is 4.39 Å². The summed E-state index contributed by atoms with van der Waals surface area (Å²) in [6.07, 6.45) is 6.11. The van der Waals surface area contributed by atoms with Gasteiger partial charge in [0.25, 0.3) is 0 Å². The molecule has 2 heterocycles. The first-order valence-electron chi connectivity index (χ1n) is 7.38. The molecule has 0 aromatic carbocycles. The summed E-state index contributed by atoms with van der Waals surface area (Å²) in [4.78, 5) is 6.21. The Morgan fingerprint density at radius 2 is 2.16 bits per heavy atom. The van der Waals surface area contributed by atoms with Crippen molar-refractivity contribution in [1.82, 2.24) is 15.2 Å². The molecule has 1 saturated heterocycles.